The molecule has 0 amide bonds. The Morgan fingerprint density at radius 3 is 2.33 bits per heavy atom. The molecular formula is C18H24N2O. The van der Waals surface area contributed by atoms with E-state index < -0.39 is 0 Å². The molecule has 0 spiro atoms. The number of nitrogen functional groups attached to an aromatic ring is 1. The van der Waals surface area contributed by atoms with Gasteiger partial charge in [-0.2, -0.15) is 0 Å². The quantitative estimate of drug-likeness (QED) is 0.817. The fourth-order valence-electron chi connectivity index (χ4n) is 2.20. The fourth-order valence-corrected chi connectivity index (χ4v) is 2.20. The van der Waals surface area contributed by atoms with Crippen molar-refractivity contribution >= 4 is 11.4 Å². The van der Waals surface area contributed by atoms with Crippen LogP contribution in [0.3, 0.4) is 0 Å². The standard InChI is InChI=1S/C18H24N2O/c1-14(2)15-8-10-16(11-9-15)21-13-12-20(3)18-7-5-4-6-17(18)19/h4-11,14H,12-13,19H2,1-3H3. The highest BCUT2D eigenvalue weighted by Gasteiger charge is 2.04. The molecule has 0 aromatic heterocycles. The number of rotatable bonds is 6. The summed E-state index contributed by atoms with van der Waals surface area (Å²) in [5, 5.41) is 0. The molecule has 2 rings (SSSR count). The molecule has 0 aliphatic rings. The lowest BCUT2D eigenvalue weighted by Gasteiger charge is -2.21. The van der Waals surface area contributed by atoms with Crippen molar-refractivity contribution in [3.63, 3.8) is 0 Å². The van der Waals surface area contributed by atoms with Gasteiger partial charge in [0, 0.05) is 7.05 Å². The maximum absolute atomic E-state index is 5.97. The summed E-state index contributed by atoms with van der Waals surface area (Å²) in [7, 11) is 2.02. The first-order chi connectivity index (χ1) is 10.1. The Morgan fingerprint density at radius 1 is 1.05 bits per heavy atom. The summed E-state index contributed by atoms with van der Waals surface area (Å²) in [4.78, 5) is 2.11. The van der Waals surface area contributed by atoms with Gasteiger partial charge in [-0.05, 0) is 35.7 Å². The molecule has 2 N–H and O–H groups in total. The summed E-state index contributed by atoms with van der Waals surface area (Å²) in [5.74, 6) is 1.46. The minimum atomic E-state index is 0.547. The van der Waals surface area contributed by atoms with Gasteiger partial charge >= 0.3 is 0 Å². The average Bonchev–Trinajstić information content (AvgIpc) is 2.48. The van der Waals surface area contributed by atoms with Crippen molar-refractivity contribution in [2.45, 2.75) is 19.8 Å². The van der Waals surface area contributed by atoms with E-state index in [0.29, 0.717) is 12.5 Å². The third-order valence-corrected chi connectivity index (χ3v) is 3.59. The molecule has 112 valence electrons. The van der Waals surface area contributed by atoms with Crippen LogP contribution in [0.1, 0.15) is 25.3 Å². The molecule has 0 saturated carbocycles. The van der Waals surface area contributed by atoms with Crippen LogP contribution in [-0.4, -0.2) is 20.2 Å². The Bertz CT molecular complexity index is 564. The largest absolute Gasteiger partial charge is 0.492 e. The van der Waals surface area contributed by atoms with Gasteiger partial charge in [0.15, 0.2) is 0 Å². The SMILES string of the molecule is CC(C)c1ccc(OCCN(C)c2ccccc2N)cc1. The second kappa shape index (κ2) is 7.02. The molecule has 0 bridgehead atoms. The monoisotopic (exact) mass is 284 g/mol. The lowest BCUT2D eigenvalue weighted by molar-refractivity contribution is 0.326. The molecule has 0 saturated heterocycles. The van der Waals surface area contributed by atoms with Gasteiger partial charge in [-0.3, -0.25) is 0 Å². The van der Waals surface area contributed by atoms with Crippen LogP contribution < -0.4 is 15.4 Å². The van der Waals surface area contributed by atoms with Crippen molar-refractivity contribution in [1.29, 1.82) is 0 Å². The van der Waals surface area contributed by atoms with Gasteiger partial charge in [0.25, 0.3) is 0 Å². The highest BCUT2D eigenvalue weighted by atomic mass is 16.5. The van der Waals surface area contributed by atoms with E-state index in [0.717, 1.165) is 23.7 Å². The topological polar surface area (TPSA) is 38.5 Å². The first kappa shape index (κ1) is 15.2. The van der Waals surface area contributed by atoms with Gasteiger partial charge in [0.2, 0.25) is 0 Å². The minimum Gasteiger partial charge on any atom is -0.492 e. The number of hydrogen-bond donors (Lipinski definition) is 1. The summed E-state index contributed by atoms with van der Waals surface area (Å²) >= 11 is 0. The highest BCUT2D eigenvalue weighted by Crippen LogP contribution is 2.21. The van der Waals surface area contributed by atoms with Gasteiger partial charge < -0.3 is 15.4 Å². The van der Waals surface area contributed by atoms with E-state index in [4.69, 9.17) is 10.5 Å². The molecule has 2 aromatic carbocycles. The Kier molecular flexibility index (Phi) is 5.09. The molecule has 2 aromatic rings. The van der Waals surface area contributed by atoms with Crippen LogP contribution in [0.5, 0.6) is 5.75 Å². The fraction of sp³-hybridized carbons (Fsp3) is 0.333. The molecule has 0 fully saturated rings. The zero-order chi connectivity index (χ0) is 15.2. The molecule has 0 heterocycles. The summed E-state index contributed by atoms with van der Waals surface area (Å²) < 4.78 is 5.79. The molecule has 3 heteroatoms. The smallest absolute Gasteiger partial charge is 0.119 e. The molecule has 0 atom stereocenters. The van der Waals surface area contributed by atoms with Crippen LogP contribution in [-0.2, 0) is 0 Å². The van der Waals surface area contributed by atoms with Crippen molar-refractivity contribution in [3.05, 3.63) is 54.1 Å². The van der Waals surface area contributed by atoms with Gasteiger partial charge in [-0.1, -0.05) is 38.1 Å². The minimum absolute atomic E-state index is 0.547. The van der Waals surface area contributed by atoms with Crippen LogP contribution in [0.15, 0.2) is 48.5 Å². The highest BCUT2D eigenvalue weighted by molar-refractivity contribution is 5.66. The van der Waals surface area contributed by atoms with E-state index in [-0.39, 0.29) is 0 Å². The molecule has 0 aliphatic carbocycles. The molecule has 3 nitrogen and oxygen atoms in total. The van der Waals surface area contributed by atoms with Gasteiger partial charge in [-0.25, -0.2) is 0 Å². The summed E-state index contributed by atoms with van der Waals surface area (Å²) in [6, 6.07) is 16.2. The number of ether oxygens (including phenoxy) is 1. The molecule has 0 unspecified atom stereocenters. The van der Waals surface area contributed by atoms with E-state index in [9.17, 15) is 0 Å². The normalized spacial score (nSPS) is 10.7. The maximum Gasteiger partial charge on any atom is 0.119 e. The Morgan fingerprint density at radius 2 is 1.71 bits per heavy atom. The number of anilines is 2. The maximum atomic E-state index is 5.97. The first-order valence-electron chi connectivity index (χ1n) is 7.36. The summed E-state index contributed by atoms with van der Waals surface area (Å²) in [6.07, 6.45) is 0. The van der Waals surface area contributed by atoms with Crippen LogP contribution >= 0.6 is 0 Å². The van der Waals surface area contributed by atoms with Crippen LogP contribution in [0.25, 0.3) is 0 Å². The van der Waals surface area contributed by atoms with Crippen LogP contribution in [0, 0.1) is 0 Å². The first-order valence-corrected chi connectivity index (χ1v) is 7.36. The number of nitrogens with two attached hydrogens (primary N) is 1. The lowest BCUT2D eigenvalue weighted by Crippen LogP contribution is -2.24. The van der Waals surface area contributed by atoms with E-state index in [1.165, 1.54) is 5.56 Å². The van der Waals surface area contributed by atoms with E-state index in [2.05, 4.69) is 30.9 Å². The Labute approximate surface area is 127 Å². The number of benzene rings is 2. The Balaban J connectivity index is 1.85. The number of hydrogen-bond acceptors (Lipinski definition) is 3. The van der Waals surface area contributed by atoms with Crippen molar-refractivity contribution in [2.24, 2.45) is 0 Å². The van der Waals surface area contributed by atoms with Crippen molar-refractivity contribution < 1.29 is 4.74 Å². The van der Waals surface area contributed by atoms with E-state index in [1.54, 1.807) is 0 Å². The van der Waals surface area contributed by atoms with Crippen molar-refractivity contribution in [1.82, 2.24) is 0 Å². The van der Waals surface area contributed by atoms with E-state index >= 15 is 0 Å². The van der Waals surface area contributed by atoms with Gasteiger partial charge in [-0.15, -0.1) is 0 Å². The van der Waals surface area contributed by atoms with Gasteiger partial charge in [0.1, 0.15) is 12.4 Å². The van der Waals surface area contributed by atoms with Gasteiger partial charge in [0.05, 0.1) is 17.9 Å². The molecular weight excluding hydrogens is 260 g/mol. The second-order valence-corrected chi connectivity index (χ2v) is 5.55. The zero-order valence-corrected chi connectivity index (χ0v) is 13.0. The zero-order valence-electron chi connectivity index (χ0n) is 13.0. The predicted molar refractivity (Wildman–Crippen MR) is 90.2 cm³/mol. The predicted octanol–water partition coefficient (Wildman–Crippen LogP) is 3.91. The molecule has 0 aliphatic heterocycles. The Hall–Kier alpha value is -2.16. The van der Waals surface area contributed by atoms with Crippen LogP contribution in [0.2, 0.25) is 0 Å². The third kappa shape index (κ3) is 4.15. The van der Waals surface area contributed by atoms with Crippen LogP contribution in [0.4, 0.5) is 11.4 Å². The molecule has 21 heavy (non-hydrogen) atoms. The molecule has 0 radical (unpaired) electrons. The average molecular weight is 284 g/mol. The summed E-state index contributed by atoms with van der Waals surface area (Å²) in [6.45, 7) is 5.80. The third-order valence-electron chi connectivity index (χ3n) is 3.59. The van der Waals surface area contributed by atoms with E-state index in [1.807, 2.05) is 43.4 Å². The summed E-state index contributed by atoms with van der Waals surface area (Å²) in [5.41, 5.74) is 9.13. The van der Waals surface area contributed by atoms with Crippen molar-refractivity contribution in [2.75, 3.05) is 30.8 Å². The number of likely N-dealkylation sites (N-methyl/N-ethyl adjacent to an activating group) is 1. The second-order valence-electron chi connectivity index (χ2n) is 5.55. The van der Waals surface area contributed by atoms with Crippen molar-refractivity contribution in [3.8, 4) is 5.75 Å². The lowest BCUT2D eigenvalue weighted by atomic mass is 10.0. The number of para-hydroxylation sites is 2. The number of nitrogens with zero attached hydrogens (tertiary/aromatic N) is 1.